The molecule has 0 heterocycles. The van der Waals surface area contributed by atoms with Crippen molar-refractivity contribution in [2.24, 2.45) is 5.41 Å². The molecule has 0 fully saturated rings. The van der Waals surface area contributed by atoms with E-state index >= 15 is 0 Å². The first-order valence-electron chi connectivity index (χ1n) is 4.06. The van der Waals surface area contributed by atoms with E-state index in [-0.39, 0.29) is 40.1 Å². The smallest absolute Gasteiger partial charge is 0.0116 e. The van der Waals surface area contributed by atoms with Gasteiger partial charge in [-0.15, -0.1) is 11.8 Å². The zero-order chi connectivity index (χ0) is 9.12. The summed E-state index contributed by atoms with van der Waals surface area (Å²) in [6, 6.07) is 0. The summed E-state index contributed by atoms with van der Waals surface area (Å²) in [6.07, 6.45) is 2.25. The number of hydrogen-bond acceptors (Lipinski definition) is 1. The fourth-order valence-corrected chi connectivity index (χ4v) is 1.33. The average Bonchev–Trinajstić information content (AvgIpc) is 1.55. The van der Waals surface area contributed by atoms with Crippen molar-refractivity contribution in [3.8, 4) is 0 Å². The molecule has 0 nitrogen and oxygen atoms in total. The van der Waals surface area contributed by atoms with E-state index < -0.39 is 0 Å². The van der Waals surface area contributed by atoms with Crippen molar-refractivity contribution in [3.63, 3.8) is 0 Å². The van der Waals surface area contributed by atoms with Crippen molar-refractivity contribution in [1.29, 1.82) is 0 Å². The third-order valence-electron chi connectivity index (χ3n) is 0.990. The minimum Gasteiger partial charge on any atom is -0.128 e. The van der Waals surface area contributed by atoms with Gasteiger partial charge in [0.15, 0.2) is 0 Å². The Morgan fingerprint density at radius 3 is 1.54 bits per heavy atom. The van der Waals surface area contributed by atoms with E-state index in [1.54, 1.807) is 0 Å². The molecule has 0 saturated carbocycles. The van der Waals surface area contributed by atoms with Gasteiger partial charge in [0, 0.05) is 37.5 Å². The molecule has 0 aliphatic heterocycles. The molecular formula is C11H24SY. The summed E-state index contributed by atoms with van der Waals surface area (Å²) in [5.74, 6) is 0. The van der Waals surface area contributed by atoms with Gasteiger partial charge in [0.25, 0.3) is 0 Å². The van der Waals surface area contributed by atoms with Gasteiger partial charge >= 0.3 is 0 Å². The summed E-state index contributed by atoms with van der Waals surface area (Å²) in [7, 11) is 0. The van der Waals surface area contributed by atoms with Crippen molar-refractivity contribution in [3.05, 3.63) is 11.5 Å². The molecule has 77 valence electrons. The first-order valence-corrected chi connectivity index (χ1v) is 4.94. The van der Waals surface area contributed by atoms with Crippen LogP contribution in [0.1, 0.15) is 49.0 Å². The fraction of sp³-hybridized carbons (Fsp3) is 0.818. The second kappa shape index (κ2) is 7.48. The number of hydrogen-bond donors (Lipinski definition) is 0. The molecule has 0 unspecified atom stereocenters. The summed E-state index contributed by atoms with van der Waals surface area (Å²) in [5, 5.41) is 2.21. The van der Waals surface area contributed by atoms with Crippen LogP contribution in [-0.4, -0.2) is 4.75 Å². The third-order valence-corrected chi connectivity index (χ3v) is 1.97. The summed E-state index contributed by atoms with van der Waals surface area (Å²) >= 11 is 1.88. The average molecular weight is 277 g/mol. The first kappa shape index (κ1) is 19.7. The summed E-state index contributed by atoms with van der Waals surface area (Å²) < 4.78 is 0.349. The predicted octanol–water partition coefficient (Wildman–Crippen LogP) is 4.71. The maximum atomic E-state index is 2.25. The van der Waals surface area contributed by atoms with Gasteiger partial charge in [0.1, 0.15) is 0 Å². The molecule has 0 aromatic rings. The second-order valence-corrected chi connectivity index (χ2v) is 6.63. The quantitative estimate of drug-likeness (QED) is 0.668. The molecule has 0 aromatic heterocycles. The van der Waals surface area contributed by atoms with Crippen molar-refractivity contribution >= 4 is 11.8 Å². The van der Waals surface area contributed by atoms with Crippen LogP contribution in [0.2, 0.25) is 0 Å². The molecule has 2 heteroatoms. The molecule has 0 aromatic carbocycles. The molecular weight excluding hydrogens is 253 g/mol. The Balaban J connectivity index is -0.000000500. The SMILES string of the molecule is C.CC(C)(C)/C=C\SC(C)(C)C.[Y]. The van der Waals surface area contributed by atoms with Gasteiger partial charge < -0.3 is 0 Å². The van der Waals surface area contributed by atoms with E-state index in [9.17, 15) is 0 Å². The fourth-order valence-electron chi connectivity index (χ4n) is 0.442. The minimum absolute atomic E-state index is 0. The van der Waals surface area contributed by atoms with Crippen LogP contribution in [0.25, 0.3) is 0 Å². The summed E-state index contributed by atoms with van der Waals surface area (Å²) in [6.45, 7) is 13.3. The van der Waals surface area contributed by atoms with E-state index in [0.29, 0.717) is 10.2 Å². The van der Waals surface area contributed by atoms with E-state index in [1.807, 2.05) is 11.8 Å². The second-order valence-electron chi connectivity index (χ2n) is 4.90. The van der Waals surface area contributed by atoms with Crippen LogP contribution >= 0.6 is 11.8 Å². The van der Waals surface area contributed by atoms with Gasteiger partial charge in [-0.25, -0.2) is 0 Å². The van der Waals surface area contributed by atoms with Gasteiger partial charge in [-0.3, -0.25) is 0 Å². The van der Waals surface area contributed by atoms with Crippen LogP contribution in [0.5, 0.6) is 0 Å². The molecule has 0 bridgehead atoms. The Morgan fingerprint density at radius 1 is 0.923 bits per heavy atom. The Hall–Kier alpha value is 1.19. The zero-order valence-electron chi connectivity index (χ0n) is 9.14. The number of rotatable bonds is 1. The van der Waals surface area contributed by atoms with Gasteiger partial charge in [0.05, 0.1) is 0 Å². The van der Waals surface area contributed by atoms with E-state index in [2.05, 4.69) is 53.0 Å². The van der Waals surface area contributed by atoms with Gasteiger partial charge in [-0.05, 0) is 10.8 Å². The van der Waals surface area contributed by atoms with Crippen molar-refractivity contribution in [2.45, 2.75) is 53.7 Å². The molecule has 0 saturated heterocycles. The van der Waals surface area contributed by atoms with Crippen LogP contribution in [-0.2, 0) is 32.7 Å². The molecule has 0 N–H and O–H groups in total. The van der Waals surface area contributed by atoms with E-state index in [1.165, 1.54) is 0 Å². The summed E-state index contributed by atoms with van der Waals surface area (Å²) in [5.41, 5.74) is 0.318. The van der Waals surface area contributed by atoms with Crippen molar-refractivity contribution in [2.75, 3.05) is 0 Å². The topological polar surface area (TPSA) is 0 Å². The molecule has 0 rings (SSSR count). The standard InChI is InChI=1S/C10H20S.CH4.Y/c1-9(2,3)7-8-11-10(4,5)6;;/h7-8H,1-6H3;1H4;/b8-7-;;. The van der Waals surface area contributed by atoms with Gasteiger partial charge in [-0.2, -0.15) is 0 Å². The van der Waals surface area contributed by atoms with Crippen molar-refractivity contribution in [1.82, 2.24) is 0 Å². The van der Waals surface area contributed by atoms with Crippen LogP contribution in [0.3, 0.4) is 0 Å². The Morgan fingerprint density at radius 2 is 1.31 bits per heavy atom. The molecule has 0 atom stereocenters. The molecule has 1 radical (unpaired) electrons. The van der Waals surface area contributed by atoms with Gasteiger partial charge in [-0.1, -0.05) is 55.0 Å². The summed E-state index contributed by atoms with van der Waals surface area (Å²) in [4.78, 5) is 0. The largest absolute Gasteiger partial charge is 0.128 e. The Labute approximate surface area is 114 Å². The van der Waals surface area contributed by atoms with Crippen LogP contribution in [0.15, 0.2) is 11.5 Å². The zero-order valence-corrected chi connectivity index (χ0v) is 12.8. The van der Waals surface area contributed by atoms with E-state index in [0.717, 1.165) is 0 Å². The Bertz CT molecular complexity index is 137. The normalized spacial score (nSPS) is 12.2. The van der Waals surface area contributed by atoms with Crippen LogP contribution in [0.4, 0.5) is 0 Å². The first-order chi connectivity index (χ1) is 4.71. The predicted molar refractivity (Wildman–Crippen MR) is 62.7 cm³/mol. The van der Waals surface area contributed by atoms with Gasteiger partial charge in [0.2, 0.25) is 0 Å². The van der Waals surface area contributed by atoms with Crippen LogP contribution in [0, 0.1) is 5.41 Å². The maximum absolute atomic E-state index is 2.25. The number of allylic oxidation sites excluding steroid dienone is 1. The molecule has 0 amide bonds. The monoisotopic (exact) mass is 277 g/mol. The molecule has 0 aliphatic carbocycles. The molecule has 13 heavy (non-hydrogen) atoms. The van der Waals surface area contributed by atoms with Crippen molar-refractivity contribution < 1.29 is 32.7 Å². The third kappa shape index (κ3) is 19.6. The van der Waals surface area contributed by atoms with E-state index in [4.69, 9.17) is 0 Å². The minimum atomic E-state index is 0. The molecule has 0 aliphatic rings. The van der Waals surface area contributed by atoms with Crippen LogP contribution < -0.4 is 0 Å². The maximum Gasteiger partial charge on any atom is 0.0116 e. The number of thioether (sulfide) groups is 1. The Kier molecular flexibility index (Phi) is 11.3. The molecule has 0 spiro atoms.